The number of rotatable bonds is 3. The van der Waals surface area contributed by atoms with Crippen LogP contribution in [-0.4, -0.2) is 43.3 Å². The molecule has 2 aromatic heterocycles. The lowest BCUT2D eigenvalue weighted by molar-refractivity contribution is 0.501. The first-order valence-electron chi connectivity index (χ1n) is 9.99. The Morgan fingerprint density at radius 2 is 2.13 bits per heavy atom. The number of H-pyrrole nitrogens is 1. The van der Waals surface area contributed by atoms with Crippen molar-refractivity contribution in [3.05, 3.63) is 50.7 Å². The average molecular weight is 426 g/mol. The number of thioether (sulfide) groups is 1. The van der Waals surface area contributed by atoms with E-state index in [-0.39, 0.29) is 18.1 Å². The number of fused-ring (bicyclic) bond motifs is 2. The van der Waals surface area contributed by atoms with Crippen LogP contribution in [0.25, 0.3) is 11.2 Å². The van der Waals surface area contributed by atoms with Crippen LogP contribution < -0.4 is 21.9 Å². The number of aromatic nitrogens is 4. The predicted octanol–water partition coefficient (Wildman–Crippen LogP) is 1.33. The highest BCUT2D eigenvalue weighted by Gasteiger charge is 2.23. The minimum Gasteiger partial charge on any atom is -0.341 e. The van der Waals surface area contributed by atoms with E-state index in [1.54, 1.807) is 18.8 Å². The molecule has 30 heavy (non-hydrogen) atoms. The average Bonchev–Trinajstić information content (AvgIpc) is 3.21. The minimum absolute atomic E-state index is 0.0802. The first-order valence-corrected chi connectivity index (χ1v) is 11.0. The van der Waals surface area contributed by atoms with Crippen LogP contribution in [0.1, 0.15) is 18.4 Å². The summed E-state index contributed by atoms with van der Waals surface area (Å²) in [4.78, 5) is 40.4. The van der Waals surface area contributed by atoms with E-state index in [0.29, 0.717) is 23.7 Å². The van der Waals surface area contributed by atoms with Gasteiger partial charge < -0.3 is 15.6 Å². The topological polar surface area (TPSA) is 114 Å². The predicted molar refractivity (Wildman–Crippen MR) is 120 cm³/mol. The highest BCUT2D eigenvalue weighted by atomic mass is 32.2. The Balaban J connectivity index is 1.54. The molecule has 156 valence electrons. The standard InChI is InChI=1S/C20H23N7O2S/c1-25-17-16(23-19(24-17)26-8-4-6-13(21)9-26)18(28)27(20(25)29)10-15-22-14-7-3-2-5-12(14)11-30-15/h2-3,5,7,13H,4,6,8-11,21H2,1H3,(H,23,24). The van der Waals surface area contributed by atoms with Gasteiger partial charge in [0.1, 0.15) is 0 Å². The van der Waals surface area contributed by atoms with Gasteiger partial charge in [0.05, 0.1) is 17.3 Å². The molecule has 1 aromatic carbocycles. The molecular weight excluding hydrogens is 402 g/mol. The lowest BCUT2D eigenvalue weighted by Gasteiger charge is -2.30. The van der Waals surface area contributed by atoms with Crippen LogP contribution in [0.3, 0.4) is 0 Å². The smallest absolute Gasteiger partial charge is 0.332 e. The summed E-state index contributed by atoms with van der Waals surface area (Å²) < 4.78 is 2.65. The normalized spacial score (nSPS) is 19.1. The summed E-state index contributed by atoms with van der Waals surface area (Å²) in [6, 6.07) is 7.99. The highest BCUT2D eigenvalue weighted by Crippen LogP contribution is 2.30. The fraction of sp³-hybridized carbons (Fsp3) is 0.400. The van der Waals surface area contributed by atoms with Gasteiger partial charge in [-0.2, -0.15) is 4.98 Å². The molecule has 4 heterocycles. The number of anilines is 1. The number of aliphatic imine (C=N–C) groups is 1. The quantitative estimate of drug-likeness (QED) is 0.654. The molecule has 3 N–H and O–H groups in total. The third-order valence-electron chi connectivity index (χ3n) is 5.65. The molecule has 0 aliphatic carbocycles. The van der Waals surface area contributed by atoms with Crippen molar-refractivity contribution >= 4 is 39.6 Å². The summed E-state index contributed by atoms with van der Waals surface area (Å²) in [5, 5.41) is 0.744. The fourth-order valence-electron chi connectivity index (χ4n) is 4.01. The van der Waals surface area contributed by atoms with Gasteiger partial charge in [0.2, 0.25) is 5.95 Å². The zero-order valence-corrected chi connectivity index (χ0v) is 17.5. The maximum atomic E-state index is 13.2. The third kappa shape index (κ3) is 3.25. The van der Waals surface area contributed by atoms with Crippen LogP contribution in [0.4, 0.5) is 11.6 Å². The maximum absolute atomic E-state index is 13.2. The number of nitrogens with one attached hydrogen (secondary N) is 1. The maximum Gasteiger partial charge on any atom is 0.332 e. The van der Waals surface area contributed by atoms with Crippen LogP contribution in [-0.2, 0) is 19.3 Å². The van der Waals surface area contributed by atoms with Crippen LogP contribution in [0.15, 0.2) is 38.8 Å². The van der Waals surface area contributed by atoms with E-state index in [2.05, 4.69) is 15.0 Å². The Morgan fingerprint density at radius 1 is 1.30 bits per heavy atom. The molecule has 10 heteroatoms. The Labute approximate surface area is 176 Å². The molecule has 0 amide bonds. The monoisotopic (exact) mass is 425 g/mol. The number of imidazole rings is 1. The van der Waals surface area contributed by atoms with Gasteiger partial charge in [0, 0.05) is 31.9 Å². The second-order valence-electron chi connectivity index (χ2n) is 7.76. The summed E-state index contributed by atoms with van der Waals surface area (Å²) in [6.07, 6.45) is 1.95. The van der Waals surface area contributed by atoms with Gasteiger partial charge in [-0.3, -0.25) is 13.9 Å². The lowest BCUT2D eigenvalue weighted by atomic mass is 10.1. The Kier molecular flexibility index (Phi) is 4.75. The largest absolute Gasteiger partial charge is 0.341 e. The van der Waals surface area contributed by atoms with Crippen molar-refractivity contribution in [2.24, 2.45) is 17.8 Å². The molecule has 0 saturated carbocycles. The summed E-state index contributed by atoms with van der Waals surface area (Å²) in [7, 11) is 1.64. The van der Waals surface area contributed by atoms with E-state index in [1.807, 2.05) is 29.2 Å². The van der Waals surface area contributed by atoms with E-state index >= 15 is 0 Å². The summed E-state index contributed by atoms with van der Waals surface area (Å²) >= 11 is 1.55. The third-order valence-corrected chi connectivity index (χ3v) is 6.66. The van der Waals surface area contributed by atoms with Crippen LogP contribution in [0.2, 0.25) is 0 Å². The van der Waals surface area contributed by atoms with E-state index in [9.17, 15) is 9.59 Å². The molecule has 2 aliphatic heterocycles. The van der Waals surface area contributed by atoms with E-state index in [1.165, 1.54) is 9.13 Å². The molecule has 2 aliphatic rings. The number of hydrogen-bond donors (Lipinski definition) is 2. The molecule has 1 unspecified atom stereocenters. The molecule has 3 aromatic rings. The van der Waals surface area contributed by atoms with Crippen LogP contribution >= 0.6 is 11.8 Å². The second kappa shape index (κ2) is 7.44. The molecule has 0 spiro atoms. The summed E-state index contributed by atoms with van der Waals surface area (Å²) in [5.74, 6) is 1.36. The Hall–Kier alpha value is -2.85. The number of nitrogens with two attached hydrogens (primary N) is 1. The van der Waals surface area contributed by atoms with E-state index in [0.717, 1.165) is 41.4 Å². The molecule has 1 saturated heterocycles. The number of hydrogen-bond acceptors (Lipinski definition) is 7. The highest BCUT2D eigenvalue weighted by molar-refractivity contribution is 8.13. The zero-order chi connectivity index (χ0) is 20.8. The first kappa shape index (κ1) is 19.1. The molecule has 0 radical (unpaired) electrons. The van der Waals surface area contributed by atoms with Gasteiger partial charge in [-0.15, -0.1) is 11.8 Å². The van der Waals surface area contributed by atoms with Crippen molar-refractivity contribution in [1.82, 2.24) is 19.1 Å². The van der Waals surface area contributed by atoms with Gasteiger partial charge in [-0.05, 0) is 24.5 Å². The fourth-order valence-corrected chi connectivity index (χ4v) is 4.96. The second-order valence-corrected chi connectivity index (χ2v) is 8.81. The first-order chi connectivity index (χ1) is 14.5. The lowest BCUT2D eigenvalue weighted by Crippen LogP contribution is -2.43. The van der Waals surface area contributed by atoms with Gasteiger partial charge in [-0.25, -0.2) is 9.79 Å². The molecule has 9 nitrogen and oxygen atoms in total. The van der Waals surface area contributed by atoms with Gasteiger partial charge >= 0.3 is 5.69 Å². The molecule has 5 rings (SSSR count). The number of aryl methyl sites for hydroxylation is 1. The van der Waals surface area contributed by atoms with Crippen molar-refractivity contribution in [2.75, 3.05) is 18.0 Å². The molecular formula is C20H23N7O2S. The number of piperidine rings is 1. The number of para-hydroxylation sites is 1. The number of aromatic amines is 1. The zero-order valence-electron chi connectivity index (χ0n) is 16.7. The molecule has 0 bridgehead atoms. The molecule has 1 atom stereocenters. The van der Waals surface area contributed by atoms with Crippen LogP contribution in [0.5, 0.6) is 0 Å². The summed E-state index contributed by atoms with van der Waals surface area (Å²) in [6.45, 7) is 1.64. The number of benzene rings is 1. The Bertz CT molecular complexity index is 1270. The van der Waals surface area contributed by atoms with Crippen molar-refractivity contribution in [2.45, 2.75) is 31.2 Å². The van der Waals surface area contributed by atoms with E-state index in [4.69, 9.17) is 5.73 Å². The molecule has 1 fully saturated rings. The van der Waals surface area contributed by atoms with Gasteiger partial charge in [0.25, 0.3) is 5.56 Å². The van der Waals surface area contributed by atoms with Crippen LogP contribution in [0, 0.1) is 0 Å². The van der Waals surface area contributed by atoms with Crippen molar-refractivity contribution in [1.29, 1.82) is 0 Å². The Morgan fingerprint density at radius 3 is 2.97 bits per heavy atom. The van der Waals surface area contributed by atoms with Gasteiger partial charge in [-0.1, -0.05) is 18.2 Å². The minimum atomic E-state index is -0.400. The van der Waals surface area contributed by atoms with Gasteiger partial charge in [0.15, 0.2) is 11.2 Å². The summed E-state index contributed by atoms with van der Waals surface area (Å²) in [5.41, 5.74) is 8.03. The van der Waals surface area contributed by atoms with Crippen molar-refractivity contribution in [3.63, 3.8) is 0 Å². The number of nitrogens with zero attached hydrogens (tertiary/aromatic N) is 5. The van der Waals surface area contributed by atoms with Crippen molar-refractivity contribution < 1.29 is 0 Å². The van der Waals surface area contributed by atoms with E-state index < -0.39 is 5.69 Å². The van der Waals surface area contributed by atoms with Crippen molar-refractivity contribution in [3.8, 4) is 0 Å². The SMILES string of the molecule is Cn1c(=O)n(CC2=Nc3ccccc3CS2)c(=O)c2[nH]c(N3CCCC(N)C3)nc21.